The quantitative estimate of drug-likeness (QED) is 0.354. The van der Waals surface area contributed by atoms with E-state index in [1.54, 1.807) is 36.6 Å². The van der Waals surface area contributed by atoms with Crippen LogP contribution in [0.2, 0.25) is 0 Å². The van der Waals surface area contributed by atoms with Crippen LogP contribution in [0.1, 0.15) is 32.1 Å². The van der Waals surface area contributed by atoms with Crippen molar-refractivity contribution in [1.82, 2.24) is 0 Å². The largest absolute Gasteiger partial charge is 0.530 e. The fourth-order valence-corrected chi connectivity index (χ4v) is 5.42. The lowest BCUT2D eigenvalue weighted by Crippen LogP contribution is -2.40. The third-order valence-corrected chi connectivity index (χ3v) is 6.42. The molecule has 0 heterocycles. The van der Waals surface area contributed by atoms with Crippen LogP contribution in [0.3, 0.4) is 0 Å². The van der Waals surface area contributed by atoms with E-state index in [0.717, 1.165) is 11.8 Å². The Hall–Kier alpha value is -1.29. The molecule has 0 saturated heterocycles. The summed E-state index contributed by atoms with van der Waals surface area (Å²) in [4.78, 5) is 9.72. The van der Waals surface area contributed by atoms with Gasteiger partial charge in [0.25, 0.3) is 0 Å². The highest BCUT2D eigenvalue weighted by Gasteiger charge is 2.45. The van der Waals surface area contributed by atoms with Crippen molar-refractivity contribution >= 4 is 7.82 Å². The summed E-state index contributed by atoms with van der Waals surface area (Å²) in [6, 6.07) is 8.45. The molecule has 6 heteroatoms. The monoisotopic (exact) mass is 350 g/mol. The van der Waals surface area contributed by atoms with Crippen LogP contribution in [-0.2, 0) is 13.8 Å². The Morgan fingerprint density at radius 2 is 1.67 bits per heavy atom. The number of phosphoric acid groups is 1. The van der Waals surface area contributed by atoms with Crippen LogP contribution in [0.4, 0.5) is 0 Å². The van der Waals surface area contributed by atoms with Crippen LogP contribution in [0, 0.1) is 23.7 Å². The minimum absolute atomic E-state index is 0.281. The van der Waals surface area contributed by atoms with Crippen molar-refractivity contribution in [1.29, 1.82) is 0 Å². The topological polar surface area (TPSA) is 65.0 Å². The van der Waals surface area contributed by atoms with Crippen LogP contribution >= 0.6 is 7.82 Å². The second kappa shape index (κ2) is 6.55. The molecule has 0 radical (unpaired) electrons. The standard InChI is InChI=1S/C18H23O5P/c19-24(20,23-17-4-2-1-3-5-17)22-12-21-11-18-15-7-13-6-14(9-15)10-16(18)8-13/h1-5,11,13-16H,6-10,12H2,(H,19,20). The molecule has 4 fully saturated rings. The van der Waals surface area contributed by atoms with E-state index in [4.69, 9.17) is 13.8 Å². The van der Waals surface area contributed by atoms with Crippen LogP contribution in [-0.4, -0.2) is 11.7 Å². The molecular weight excluding hydrogens is 327 g/mol. The van der Waals surface area contributed by atoms with Gasteiger partial charge in [-0.2, -0.15) is 0 Å². The average Bonchev–Trinajstić information content (AvgIpc) is 2.53. The molecule has 4 saturated carbocycles. The van der Waals surface area contributed by atoms with E-state index in [9.17, 15) is 9.46 Å². The van der Waals surface area contributed by atoms with Gasteiger partial charge >= 0.3 is 7.82 Å². The lowest BCUT2D eigenvalue weighted by Gasteiger charge is -2.51. The number of hydrogen-bond acceptors (Lipinski definition) is 4. The average molecular weight is 350 g/mol. The van der Waals surface area contributed by atoms with Gasteiger partial charge in [-0.05, 0) is 73.5 Å². The van der Waals surface area contributed by atoms with Crippen molar-refractivity contribution in [3.05, 3.63) is 42.2 Å². The van der Waals surface area contributed by atoms with Crippen molar-refractivity contribution in [2.45, 2.75) is 32.1 Å². The van der Waals surface area contributed by atoms with Gasteiger partial charge in [0.2, 0.25) is 6.79 Å². The Balaban J connectivity index is 1.29. The fraction of sp³-hybridized carbons (Fsp3) is 0.556. The third kappa shape index (κ3) is 3.53. The van der Waals surface area contributed by atoms with Crippen LogP contribution in [0.5, 0.6) is 5.75 Å². The van der Waals surface area contributed by atoms with E-state index in [2.05, 4.69) is 0 Å². The number of ether oxygens (including phenoxy) is 1. The SMILES string of the molecule is O=P(O)(OCOC=C1C2CC3CC(C2)CC1C3)Oc1ccccc1. The van der Waals surface area contributed by atoms with Gasteiger partial charge in [-0.25, -0.2) is 9.09 Å². The molecule has 5 nitrogen and oxygen atoms in total. The Kier molecular flexibility index (Phi) is 4.42. The minimum atomic E-state index is -4.16. The molecular formula is C18H23O5P. The summed E-state index contributed by atoms with van der Waals surface area (Å²) in [7, 11) is -4.16. The molecule has 0 amide bonds. The Morgan fingerprint density at radius 3 is 2.29 bits per heavy atom. The molecule has 1 aromatic rings. The number of hydrogen-bond donors (Lipinski definition) is 1. The molecule has 0 aromatic heterocycles. The number of allylic oxidation sites excluding steroid dienone is 1. The van der Waals surface area contributed by atoms with Crippen molar-refractivity contribution in [3.8, 4) is 5.75 Å². The van der Waals surface area contributed by atoms with Crippen LogP contribution in [0.25, 0.3) is 0 Å². The smallest absolute Gasteiger partial charge is 0.475 e. The van der Waals surface area contributed by atoms with Gasteiger partial charge in [0.15, 0.2) is 0 Å². The maximum atomic E-state index is 11.9. The summed E-state index contributed by atoms with van der Waals surface area (Å²) in [5, 5.41) is 0. The third-order valence-electron chi connectivity index (χ3n) is 5.55. The van der Waals surface area contributed by atoms with Gasteiger partial charge in [0.1, 0.15) is 5.75 Å². The molecule has 0 spiro atoms. The zero-order chi connectivity index (χ0) is 16.6. The van der Waals surface area contributed by atoms with Gasteiger partial charge in [0, 0.05) is 0 Å². The van der Waals surface area contributed by atoms with E-state index in [1.807, 2.05) is 0 Å². The van der Waals surface area contributed by atoms with Gasteiger partial charge in [0.05, 0.1) is 6.26 Å². The minimum Gasteiger partial charge on any atom is -0.475 e. The van der Waals surface area contributed by atoms with E-state index >= 15 is 0 Å². The second-order valence-electron chi connectivity index (χ2n) is 7.21. The first-order chi connectivity index (χ1) is 11.6. The van der Waals surface area contributed by atoms with Gasteiger partial charge in [-0.15, -0.1) is 0 Å². The first kappa shape index (κ1) is 16.2. The summed E-state index contributed by atoms with van der Waals surface area (Å²) in [5.74, 6) is 3.38. The Morgan fingerprint density at radius 1 is 1.04 bits per heavy atom. The lowest BCUT2D eigenvalue weighted by atomic mass is 9.54. The van der Waals surface area contributed by atoms with Gasteiger partial charge in [-0.1, -0.05) is 18.2 Å². The molecule has 4 bridgehead atoms. The molecule has 130 valence electrons. The Labute approximate surface area is 142 Å². The molecule has 1 unspecified atom stereocenters. The summed E-state index contributed by atoms with van der Waals surface area (Å²) >= 11 is 0. The maximum absolute atomic E-state index is 11.9. The summed E-state index contributed by atoms with van der Waals surface area (Å²) in [5.41, 5.74) is 1.38. The first-order valence-corrected chi connectivity index (χ1v) is 10.1. The van der Waals surface area contributed by atoms with Crippen molar-refractivity contribution in [2.24, 2.45) is 23.7 Å². The predicted octanol–water partition coefficient (Wildman–Crippen LogP) is 4.50. The molecule has 4 aliphatic carbocycles. The highest BCUT2D eigenvalue weighted by molar-refractivity contribution is 7.47. The maximum Gasteiger partial charge on any atom is 0.530 e. The highest BCUT2D eigenvalue weighted by Crippen LogP contribution is 2.56. The normalized spacial score (nSPS) is 33.1. The first-order valence-electron chi connectivity index (χ1n) is 8.62. The molecule has 1 N–H and O–H groups in total. The predicted molar refractivity (Wildman–Crippen MR) is 89.1 cm³/mol. The van der Waals surface area contributed by atoms with E-state index in [1.165, 1.54) is 37.7 Å². The lowest BCUT2D eigenvalue weighted by molar-refractivity contribution is 0.0367. The van der Waals surface area contributed by atoms with Crippen LogP contribution < -0.4 is 4.52 Å². The second-order valence-corrected chi connectivity index (χ2v) is 8.59. The summed E-state index contributed by atoms with van der Waals surface area (Å²) in [6.45, 7) is -0.281. The number of benzene rings is 1. The molecule has 24 heavy (non-hydrogen) atoms. The summed E-state index contributed by atoms with van der Waals surface area (Å²) < 4.78 is 27.2. The van der Waals surface area contributed by atoms with Crippen LogP contribution in [0.15, 0.2) is 42.2 Å². The fourth-order valence-electron chi connectivity index (χ4n) is 4.79. The number of para-hydroxylation sites is 1. The van der Waals surface area contributed by atoms with E-state index in [0.29, 0.717) is 17.6 Å². The van der Waals surface area contributed by atoms with E-state index in [-0.39, 0.29) is 6.79 Å². The van der Waals surface area contributed by atoms with E-state index < -0.39 is 7.82 Å². The zero-order valence-electron chi connectivity index (χ0n) is 13.5. The van der Waals surface area contributed by atoms with Gasteiger partial charge in [-0.3, -0.25) is 4.89 Å². The zero-order valence-corrected chi connectivity index (χ0v) is 14.4. The number of rotatable bonds is 6. The molecule has 5 rings (SSSR count). The molecule has 1 atom stereocenters. The highest BCUT2D eigenvalue weighted by atomic mass is 31.2. The van der Waals surface area contributed by atoms with Crippen molar-refractivity contribution in [2.75, 3.05) is 6.79 Å². The van der Waals surface area contributed by atoms with Gasteiger partial charge < -0.3 is 9.26 Å². The number of phosphoric ester groups is 1. The van der Waals surface area contributed by atoms with Crippen molar-refractivity contribution < 1.29 is 23.2 Å². The molecule has 4 aliphatic rings. The molecule has 1 aromatic carbocycles. The summed E-state index contributed by atoms with van der Waals surface area (Å²) in [6.07, 6.45) is 8.29. The van der Waals surface area contributed by atoms with Crippen molar-refractivity contribution in [3.63, 3.8) is 0 Å². The molecule has 0 aliphatic heterocycles. The Bertz CT molecular complexity index is 627.